The Morgan fingerprint density at radius 2 is 1.88 bits per heavy atom. The van der Waals surface area contributed by atoms with Gasteiger partial charge < -0.3 is 9.73 Å². The van der Waals surface area contributed by atoms with E-state index in [1.54, 1.807) is 6.07 Å². The lowest BCUT2D eigenvalue weighted by molar-refractivity contribution is 0.0902. The Labute approximate surface area is 142 Å². The molecule has 1 saturated carbocycles. The number of aryl methyl sites for hydroxylation is 2. The van der Waals surface area contributed by atoms with Crippen molar-refractivity contribution in [3.05, 3.63) is 35.1 Å². The number of sulfone groups is 1. The maximum Gasteiger partial charge on any atom is 0.287 e. The lowest BCUT2D eigenvalue weighted by Crippen LogP contribution is -2.41. The summed E-state index contributed by atoms with van der Waals surface area (Å²) in [5.74, 6) is -0.00265. The number of amides is 1. The highest BCUT2D eigenvalue weighted by Crippen LogP contribution is 2.26. The largest absolute Gasteiger partial charge is 0.451 e. The third kappa shape index (κ3) is 3.48. The molecule has 2 aromatic rings. The zero-order valence-electron chi connectivity index (χ0n) is 14.3. The minimum absolute atomic E-state index is 0.123. The van der Waals surface area contributed by atoms with Gasteiger partial charge in [0, 0.05) is 17.7 Å². The number of nitrogens with one attached hydrogen (secondary N) is 1. The summed E-state index contributed by atoms with van der Waals surface area (Å²) in [7, 11) is -3.06. The average molecular weight is 349 g/mol. The van der Waals surface area contributed by atoms with Gasteiger partial charge in [-0.3, -0.25) is 4.79 Å². The van der Waals surface area contributed by atoms with Gasteiger partial charge in [-0.1, -0.05) is 6.42 Å². The molecule has 0 radical (unpaired) electrons. The van der Waals surface area contributed by atoms with Gasteiger partial charge >= 0.3 is 0 Å². The number of carbonyl (C=O) groups is 1. The molecule has 1 aromatic heterocycles. The van der Waals surface area contributed by atoms with Crippen molar-refractivity contribution in [2.24, 2.45) is 0 Å². The molecule has 1 aliphatic carbocycles. The summed E-state index contributed by atoms with van der Waals surface area (Å²) in [6, 6.07) is 5.56. The molecule has 3 rings (SSSR count). The van der Waals surface area contributed by atoms with E-state index in [0.29, 0.717) is 18.4 Å². The molecule has 2 atom stereocenters. The van der Waals surface area contributed by atoms with E-state index >= 15 is 0 Å². The molecule has 1 aromatic carbocycles. The third-order valence-electron chi connectivity index (χ3n) is 4.92. The Bertz CT molecular complexity index is 843. The standard InChI is InChI=1S/C18H23NO4S/c1-11-7-13-9-17(23-16(13)8-12(11)2)18(20)19-14-5-4-6-15(10-14)24(3,21)22/h7-9,14-15H,4-6,10H2,1-3H3,(H,19,20). The van der Waals surface area contributed by atoms with Gasteiger partial charge in [0.25, 0.3) is 5.91 Å². The second-order valence-corrected chi connectivity index (χ2v) is 9.20. The molecule has 1 heterocycles. The van der Waals surface area contributed by atoms with Crippen LogP contribution in [-0.2, 0) is 9.84 Å². The summed E-state index contributed by atoms with van der Waals surface area (Å²) in [6.07, 6.45) is 4.03. The van der Waals surface area contributed by atoms with Crippen LogP contribution in [0, 0.1) is 13.8 Å². The average Bonchev–Trinajstić information content (AvgIpc) is 2.90. The van der Waals surface area contributed by atoms with Crippen molar-refractivity contribution >= 4 is 26.7 Å². The zero-order valence-corrected chi connectivity index (χ0v) is 15.1. The Morgan fingerprint density at radius 3 is 2.58 bits per heavy atom. The molecule has 1 amide bonds. The molecule has 0 spiro atoms. The first-order valence-corrected chi connectivity index (χ1v) is 10.2. The molecule has 5 nitrogen and oxygen atoms in total. The maximum absolute atomic E-state index is 12.5. The zero-order chi connectivity index (χ0) is 17.5. The van der Waals surface area contributed by atoms with Crippen LogP contribution in [0.5, 0.6) is 0 Å². The van der Waals surface area contributed by atoms with E-state index in [0.717, 1.165) is 29.4 Å². The number of furan rings is 1. The Balaban J connectivity index is 1.75. The summed E-state index contributed by atoms with van der Waals surface area (Å²) in [6.45, 7) is 4.03. The van der Waals surface area contributed by atoms with Crippen LogP contribution < -0.4 is 5.32 Å². The van der Waals surface area contributed by atoms with Crippen molar-refractivity contribution in [3.63, 3.8) is 0 Å². The van der Waals surface area contributed by atoms with Crippen LogP contribution in [0.15, 0.2) is 22.6 Å². The van der Waals surface area contributed by atoms with Crippen molar-refractivity contribution in [2.45, 2.75) is 50.8 Å². The van der Waals surface area contributed by atoms with E-state index in [1.807, 2.05) is 26.0 Å². The molecular weight excluding hydrogens is 326 g/mol. The summed E-state index contributed by atoms with van der Waals surface area (Å²) in [4.78, 5) is 12.5. The minimum Gasteiger partial charge on any atom is -0.451 e. The molecule has 1 aliphatic rings. The number of fused-ring (bicyclic) bond motifs is 1. The van der Waals surface area contributed by atoms with E-state index < -0.39 is 9.84 Å². The van der Waals surface area contributed by atoms with Gasteiger partial charge in [-0.25, -0.2) is 8.42 Å². The van der Waals surface area contributed by atoms with Crippen LogP contribution in [0.1, 0.15) is 47.4 Å². The van der Waals surface area contributed by atoms with E-state index in [1.165, 1.54) is 6.26 Å². The van der Waals surface area contributed by atoms with Gasteiger partial charge in [0.05, 0.1) is 5.25 Å². The van der Waals surface area contributed by atoms with Crippen LogP contribution >= 0.6 is 0 Å². The highest BCUT2D eigenvalue weighted by atomic mass is 32.2. The van der Waals surface area contributed by atoms with Gasteiger partial charge in [0.15, 0.2) is 5.76 Å². The maximum atomic E-state index is 12.5. The summed E-state index contributed by atoms with van der Waals surface area (Å²) >= 11 is 0. The van der Waals surface area contributed by atoms with Crippen LogP contribution in [0.3, 0.4) is 0 Å². The monoisotopic (exact) mass is 349 g/mol. The summed E-state index contributed by atoms with van der Waals surface area (Å²) in [5, 5.41) is 3.47. The normalized spacial score (nSPS) is 21.8. The molecule has 0 aliphatic heterocycles. The number of hydrogen-bond acceptors (Lipinski definition) is 4. The van der Waals surface area contributed by atoms with E-state index in [-0.39, 0.29) is 23.0 Å². The van der Waals surface area contributed by atoms with Crippen LogP contribution in [0.25, 0.3) is 11.0 Å². The summed E-state index contributed by atoms with van der Waals surface area (Å²) < 4.78 is 29.1. The van der Waals surface area contributed by atoms with Crippen molar-refractivity contribution in [2.75, 3.05) is 6.26 Å². The SMILES string of the molecule is Cc1cc2cc(C(=O)NC3CCCC(S(C)(=O)=O)C3)oc2cc1C. The van der Waals surface area contributed by atoms with Gasteiger partial charge in [0.2, 0.25) is 0 Å². The van der Waals surface area contributed by atoms with Crippen molar-refractivity contribution in [1.29, 1.82) is 0 Å². The lowest BCUT2D eigenvalue weighted by Gasteiger charge is -2.28. The number of rotatable bonds is 3. The van der Waals surface area contributed by atoms with Crippen molar-refractivity contribution in [3.8, 4) is 0 Å². The van der Waals surface area contributed by atoms with Crippen LogP contribution in [-0.4, -0.2) is 31.9 Å². The molecular formula is C18H23NO4S. The Kier molecular flexibility index (Phi) is 4.42. The minimum atomic E-state index is -3.06. The predicted octanol–water partition coefficient (Wildman–Crippen LogP) is 3.14. The third-order valence-corrected chi connectivity index (χ3v) is 6.56. The molecule has 130 valence electrons. The fourth-order valence-corrected chi connectivity index (χ4v) is 4.51. The number of hydrogen-bond donors (Lipinski definition) is 1. The quantitative estimate of drug-likeness (QED) is 0.923. The second-order valence-electron chi connectivity index (χ2n) is 6.87. The first-order valence-electron chi connectivity index (χ1n) is 8.24. The van der Waals surface area contributed by atoms with Gasteiger partial charge in [0.1, 0.15) is 15.4 Å². The molecule has 1 fully saturated rings. The van der Waals surface area contributed by atoms with Gasteiger partial charge in [-0.15, -0.1) is 0 Å². The highest BCUT2D eigenvalue weighted by molar-refractivity contribution is 7.91. The van der Waals surface area contributed by atoms with Gasteiger partial charge in [-0.05, 0) is 62.4 Å². The van der Waals surface area contributed by atoms with Crippen molar-refractivity contribution < 1.29 is 17.6 Å². The van der Waals surface area contributed by atoms with E-state index in [9.17, 15) is 13.2 Å². The fourth-order valence-electron chi connectivity index (χ4n) is 3.34. The lowest BCUT2D eigenvalue weighted by atomic mass is 9.95. The number of carbonyl (C=O) groups excluding carboxylic acids is 1. The molecule has 1 N–H and O–H groups in total. The van der Waals surface area contributed by atoms with Crippen molar-refractivity contribution in [1.82, 2.24) is 5.32 Å². The predicted molar refractivity (Wildman–Crippen MR) is 94.0 cm³/mol. The van der Waals surface area contributed by atoms with Gasteiger partial charge in [-0.2, -0.15) is 0 Å². The second kappa shape index (κ2) is 6.24. The molecule has 2 unspecified atom stereocenters. The van der Waals surface area contributed by atoms with Crippen LogP contribution in [0.2, 0.25) is 0 Å². The van der Waals surface area contributed by atoms with E-state index in [4.69, 9.17) is 4.42 Å². The first-order chi connectivity index (χ1) is 11.2. The Morgan fingerprint density at radius 1 is 1.17 bits per heavy atom. The molecule has 0 bridgehead atoms. The topological polar surface area (TPSA) is 76.4 Å². The number of benzene rings is 1. The molecule has 6 heteroatoms. The summed E-state index contributed by atoms with van der Waals surface area (Å²) in [5.41, 5.74) is 2.96. The Hall–Kier alpha value is -1.82. The van der Waals surface area contributed by atoms with Crippen LogP contribution in [0.4, 0.5) is 0 Å². The van der Waals surface area contributed by atoms with E-state index in [2.05, 4.69) is 5.32 Å². The fraction of sp³-hybridized carbons (Fsp3) is 0.500. The highest BCUT2D eigenvalue weighted by Gasteiger charge is 2.30. The molecule has 0 saturated heterocycles. The smallest absolute Gasteiger partial charge is 0.287 e. The first kappa shape index (κ1) is 17.0. The molecule has 24 heavy (non-hydrogen) atoms.